The molecule has 3 fully saturated rings. The Labute approximate surface area is 219 Å². The van der Waals surface area contributed by atoms with Crippen LogP contribution in [0.2, 0.25) is 0 Å². The third-order valence-corrected chi connectivity index (χ3v) is 9.37. The highest BCUT2D eigenvalue weighted by atomic mass is 31.0. The third kappa shape index (κ3) is 4.64. The lowest BCUT2D eigenvalue weighted by atomic mass is 9.80. The van der Waals surface area contributed by atoms with Crippen LogP contribution in [-0.4, -0.2) is 15.6 Å². The summed E-state index contributed by atoms with van der Waals surface area (Å²) in [6.07, 6.45) is 14.7. The molecule has 3 aliphatic carbocycles. The minimum Gasteiger partial charge on any atom is -0.335 e. The van der Waals surface area contributed by atoms with Crippen molar-refractivity contribution < 1.29 is 0 Å². The number of nitrogens with one attached hydrogen (secondary N) is 1. The van der Waals surface area contributed by atoms with Crippen molar-refractivity contribution >= 4 is 20.1 Å². The molecule has 1 aromatic carbocycles. The average Bonchev–Trinajstić information content (AvgIpc) is 3.62. The molecule has 0 amide bonds. The third-order valence-electron chi connectivity index (χ3n) is 8.79. The monoisotopic (exact) mass is 497 g/mol. The Hall–Kier alpha value is -2.14. The maximum atomic E-state index is 5.07. The fraction of sp³-hybridized carbons (Fsp3) is 0.531. The molecule has 0 aliphatic heterocycles. The molecule has 0 radical (unpaired) electrons. The molecule has 2 heterocycles. The highest BCUT2D eigenvalue weighted by Gasteiger charge is 2.30. The summed E-state index contributed by atoms with van der Waals surface area (Å²) >= 11 is 0. The van der Waals surface area contributed by atoms with Crippen molar-refractivity contribution in [2.75, 3.05) is 0 Å². The molecule has 3 saturated carbocycles. The SMILES string of the molecule is CCCC#Cc1c(-c2ccc(C(P)NC(C)C3CC3)cn2)n(C2CCC2)c2cc(C3CCC3)ccc12. The molecule has 0 bridgehead atoms. The number of rotatable bonds is 8. The molecule has 36 heavy (non-hydrogen) atoms. The molecule has 0 spiro atoms. The van der Waals surface area contributed by atoms with Crippen molar-refractivity contribution in [2.45, 2.75) is 102 Å². The van der Waals surface area contributed by atoms with Crippen LogP contribution in [0.4, 0.5) is 0 Å². The van der Waals surface area contributed by atoms with Gasteiger partial charge in [0, 0.05) is 35.9 Å². The van der Waals surface area contributed by atoms with E-state index < -0.39 is 0 Å². The number of fused-ring (bicyclic) bond motifs is 1. The zero-order chi connectivity index (χ0) is 24.6. The quantitative estimate of drug-likeness (QED) is 0.252. The topological polar surface area (TPSA) is 29.9 Å². The summed E-state index contributed by atoms with van der Waals surface area (Å²) in [5.74, 6) is 8.88. The van der Waals surface area contributed by atoms with Crippen LogP contribution in [0.5, 0.6) is 0 Å². The second-order valence-corrected chi connectivity index (χ2v) is 12.0. The van der Waals surface area contributed by atoms with E-state index in [2.05, 4.69) is 81.3 Å². The molecule has 0 saturated heterocycles. The van der Waals surface area contributed by atoms with E-state index in [4.69, 9.17) is 4.98 Å². The van der Waals surface area contributed by atoms with Gasteiger partial charge in [-0.05, 0) is 93.4 Å². The molecule has 3 atom stereocenters. The van der Waals surface area contributed by atoms with E-state index in [0.29, 0.717) is 12.1 Å². The summed E-state index contributed by atoms with van der Waals surface area (Å²) in [5.41, 5.74) is 7.57. The smallest absolute Gasteiger partial charge is 0.0880 e. The molecule has 3 aromatic rings. The molecule has 6 rings (SSSR count). The van der Waals surface area contributed by atoms with Crippen molar-refractivity contribution in [3.8, 4) is 23.2 Å². The molecular weight excluding hydrogens is 457 g/mol. The van der Waals surface area contributed by atoms with Crippen LogP contribution in [0.3, 0.4) is 0 Å². The second-order valence-electron chi connectivity index (χ2n) is 11.4. The normalized spacial score (nSPS) is 19.9. The van der Waals surface area contributed by atoms with Crippen LogP contribution < -0.4 is 5.32 Å². The van der Waals surface area contributed by atoms with Crippen LogP contribution in [0, 0.1) is 17.8 Å². The fourth-order valence-electron chi connectivity index (χ4n) is 5.84. The van der Waals surface area contributed by atoms with Crippen LogP contribution >= 0.6 is 9.24 Å². The van der Waals surface area contributed by atoms with Gasteiger partial charge in [-0.25, -0.2) is 0 Å². The van der Waals surface area contributed by atoms with Gasteiger partial charge in [0.2, 0.25) is 0 Å². The molecular formula is C32H40N3P. The summed E-state index contributed by atoms with van der Waals surface area (Å²) in [7, 11) is 2.98. The van der Waals surface area contributed by atoms with Crippen LogP contribution in [0.1, 0.15) is 112 Å². The van der Waals surface area contributed by atoms with Gasteiger partial charge in [-0.2, -0.15) is 0 Å². The van der Waals surface area contributed by atoms with E-state index in [0.717, 1.165) is 30.4 Å². The predicted molar refractivity (Wildman–Crippen MR) is 154 cm³/mol. The summed E-state index contributed by atoms with van der Waals surface area (Å²) in [6, 6.07) is 12.8. The van der Waals surface area contributed by atoms with Gasteiger partial charge in [0.15, 0.2) is 0 Å². The molecule has 3 unspecified atom stereocenters. The van der Waals surface area contributed by atoms with E-state index in [9.17, 15) is 0 Å². The first-order chi connectivity index (χ1) is 17.6. The van der Waals surface area contributed by atoms with Crippen molar-refractivity contribution in [3.63, 3.8) is 0 Å². The fourth-order valence-corrected chi connectivity index (χ4v) is 6.34. The Balaban J connectivity index is 1.43. The number of nitrogens with zero attached hydrogens (tertiary/aromatic N) is 2. The van der Waals surface area contributed by atoms with Crippen molar-refractivity contribution in [1.29, 1.82) is 0 Å². The van der Waals surface area contributed by atoms with Crippen LogP contribution in [0.15, 0.2) is 36.5 Å². The van der Waals surface area contributed by atoms with E-state index in [1.807, 2.05) is 0 Å². The van der Waals surface area contributed by atoms with Crippen LogP contribution in [0.25, 0.3) is 22.3 Å². The van der Waals surface area contributed by atoms with Gasteiger partial charge in [-0.1, -0.05) is 43.4 Å². The Morgan fingerprint density at radius 2 is 1.89 bits per heavy atom. The standard InChI is InChI=1S/C32H40N3P/c1-3-4-5-12-28-27-17-15-24(23-8-6-9-23)19-30(27)35(26-10-7-11-26)31(28)29-18-16-25(20-33-29)32(36)34-21(2)22-13-14-22/h15-23,26,32,34H,3-4,6-11,13-14,36H2,1-2H3. The highest BCUT2D eigenvalue weighted by Crippen LogP contribution is 2.44. The molecule has 4 heteroatoms. The van der Waals surface area contributed by atoms with Gasteiger partial charge in [0.25, 0.3) is 0 Å². The molecule has 2 aromatic heterocycles. The van der Waals surface area contributed by atoms with Gasteiger partial charge in [-0.3, -0.25) is 4.98 Å². The van der Waals surface area contributed by atoms with Gasteiger partial charge >= 0.3 is 0 Å². The van der Waals surface area contributed by atoms with E-state index in [-0.39, 0.29) is 5.78 Å². The molecule has 3 aliphatic rings. The van der Waals surface area contributed by atoms with E-state index in [1.54, 1.807) is 0 Å². The summed E-state index contributed by atoms with van der Waals surface area (Å²) in [4.78, 5) is 5.07. The van der Waals surface area contributed by atoms with E-state index >= 15 is 0 Å². The Morgan fingerprint density at radius 3 is 2.50 bits per heavy atom. The Bertz CT molecular complexity index is 1280. The van der Waals surface area contributed by atoms with Gasteiger partial charge in [-0.15, -0.1) is 9.24 Å². The maximum Gasteiger partial charge on any atom is 0.0880 e. The van der Waals surface area contributed by atoms with Crippen molar-refractivity contribution in [1.82, 2.24) is 14.9 Å². The Kier molecular flexibility index (Phi) is 6.94. The van der Waals surface area contributed by atoms with E-state index in [1.165, 1.54) is 84.7 Å². The zero-order valence-corrected chi connectivity index (χ0v) is 23.0. The van der Waals surface area contributed by atoms with Gasteiger partial charge in [0.1, 0.15) is 0 Å². The highest BCUT2D eigenvalue weighted by molar-refractivity contribution is 7.17. The predicted octanol–water partition coefficient (Wildman–Crippen LogP) is 8.11. The first-order valence-corrected chi connectivity index (χ1v) is 15.0. The largest absolute Gasteiger partial charge is 0.335 e. The Morgan fingerprint density at radius 1 is 1.08 bits per heavy atom. The summed E-state index contributed by atoms with van der Waals surface area (Å²) < 4.78 is 2.62. The van der Waals surface area contributed by atoms with Crippen molar-refractivity contribution in [3.05, 3.63) is 53.2 Å². The summed E-state index contributed by atoms with van der Waals surface area (Å²) in [6.45, 7) is 4.52. The molecule has 1 N–H and O–H groups in total. The number of unbranched alkanes of at least 4 members (excludes halogenated alkanes) is 1. The average molecular weight is 498 g/mol. The molecule has 3 nitrogen and oxygen atoms in total. The van der Waals surface area contributed by atoms with Gasteiger partial charge < -0.3 is 9.88 Å². The zero-order valence-electron chi connectivity index (χ0n) is 21.9. The minimum absolute atomic E-state index is 0.230. The second kappa shape index (κ2) is 10.3. The number of hydrogen-bond acceptors (Lipinski definition) is 2. The van der Waals surface area contributed by atoms with Crippen molar-refractivity contribution in [2.24, 2.45) is 5.92 Å². The minimum atomic E-state index is 0.230. The first-order valence-electron chi connectivity index (χ1n) is 14.3. The summed E-state index contributed by atoms with van der Waals surface area (Å²) in [5, 5.41) is 5.06. The maximum absolute atomic E-state index is 5.07. The number of aromatic nitrogens is 2. The number of pyridine rings is 1. The lowest BCUT2D eigenvalue weighted by Gasteiger charge is -2.31. The van der Waals surface area contributed by atoms with Gasteiger partial charge in [0.05, 0.1) is 22.5 Å². The molecule has 188 valence electrons. The lowest BCUT2D eigenvalue weighted by Crippen LogP contribution is -2.29. The number of hydrogen-bond donors (Lipinski definition) is 1. The van der Waals surface area contributed by atoms with Crippen LogP contribution in [-0.2, 0) is 0 Å². The lowest BCUT2D eigenvalue weighted by molar-refractivity contribution is 0.324. The number of benzene rings is 1. The first kappa shape index (κ1) is 24.2.